The molecular weight excluding hydrogens is 298 g/mol. The van der Waals surface area contributed by atoms with Crippen LogP contribution in [0.1, 0.15) is 22.5 Å². The van der Waals surface area contributed by atoms with E-state index in [0.717, 1.165) is 42.3 Å². The number of hydrogen-bond donors (Lipinski definition) is 2. The summed E-state index contributed by atoms with van der Waals surface area (Å²) in [6, 6.07) is 7.90. The van der Waals surface area contributed by atoms with Gasteiger partial charge in [-0.05, 0) is 43.7 Å². The number of hydrogen-bond acceptors (Lipinski definition) is 5. The number of carbonyl (C=O) groups is 1. The fourth-order valence-corrected chi connectivity index (χ4v) is 3.30. The van der Waals surface area contributed by atoms with Crippen LogP contribution in [0, 0.1) is 0 Å². The van der Waals surface area contributed by atoms with E-state index in [1.807, 2.05) is 24.3 Å². The van der Waals surface area contributed by atoms with Crippen LogP contribution in [0.25, 0.3) is 10.6 Å². The van der Waals surface area contributed by atoms with Crippen LogP contribution < -0.4 is 15.4 Å². The minimum absolute atomic E-state index is 0.0361. The molecule has 1 aliphatic heterocycles. The van der Waals surface area contributed by atoms with Crippen LogP contribution in [-0.2, 0) is 0 Å². The molecule has 1 amide bonds. The van der Waals surface area contributed by atoms with Crippen molar-refractivity contribution in [2.75, 3.05) is 20.2 Å². The summed E-state index contributed by atoms with van der Waals surface area (Å²) < 4.78 is 5.15. The normalized spacial score (nSPS) is 18.0. The van der Waals surface area contributed by atoms with Crippen LogP contribution in [0.4, 0.5) is 0 Å². The van der Waals surface area contributed by atoms with Gasteiger partial charge in [-0.3, -0.25) is 4.79 Å². The third kappa shape index (κ3) is 3.45. The molecule has 1 aromatic carbocycles. The fourth-order valence-electron chi connectivity index (χ4n) is 2.48. The van der Waals surface area contributed by atoms with Crippen molar-refractivity contribution in [3.63, 3.8) is 0 Å². The number of carbonyl (C=O) groups excluding carboxylic acids is 1. The lowest BCUT2D eigenvalue weighted by molar-refractivity contribution is 0.0934. The summed E-state index contributed by atoms with van der Waals surface area (Å²) in [5, 5.41) is 7.20. The van der Waals surface area contributed by atoms with Gasteiger partial charge in [0.05, 0.1) is 13.3 Å². The number of benzene rings is 1. The lowest BCUT2D eigenvalue weighted by atomic mass is 10.1. The highest BCUT2D eigenvalue weighted by Gasteiger charge is 2.18. The zero-order valence-electron chi connectivity index (χ0n) is 12.5. The van der Waals surface area contributed by atoms with Gasteiger partial charge in [0.25, 0.3) is 5.91 Å². The number of amides is 1. The second-order valence-electron chi connectivity index (χ2n) is 5.27. The van der Waals surface area contributed by atoms with Gasteiger partial charge in [0.2, 0.25) is 0 Å². The first-order valence-electron chi connectivity index (χ1n) is 7.38. The predicted molar refractivity (Wildman–Crippen MR) is 87.5 cm³/mol. The topological polar surface area (TPSA) is 63.2 Å². The SMILES string of the molecule is COc1ccc(-c2ncc(C(=O)NC3CCCNC3)s2)cc1. The van der Waals surface area contributed by atoms with Crippen molar-refractivity contribution >= 4 is 17.2 Å². The van der Waals surface area contributed by atoms with E-state index < -0.39 is 0 Å². The molecule has 3 rings (SSSR count). The zero-order valence-corrected chi connectivity index (χ0v) is 13.3. The van der Waals surface area contributed by atoms with Crippen LogP contribution in [-0.4, -0.2) is 37.1 Å². The molecule has 1 aromatic heterocycles. The molecule has 116 valence electrons. The molecule has 0 spiro atoms. The first kappa shape index (κ1) is 15.0. The summed E-state index contributed by atoms with van der Waals surface area (Å²) in [5.74, 6) is 0.772. The summed E-state index contributed by atoms with van der Waals surface area (Å²) in [5.41, 5.74) is 0.990. The van der Waals surface area contributed by atoms with Crippen molar-refractivity contribution < 1.29 is 9.53 Å². The van der Waals surface area contributed by atoms with E-state index in [4.69, 9.17) is 4.74 Å². The van der Waals surface area contributed by atoms with Gasteiger partial charge in [-0.2, -0.15) is 0 Å². The Morgan fingerprint density at radius 1 is 1.41 bits per heavy atom. The van der Waals surface area contributed by atoms with Crippen molar-refractivity contribution in [2.45, 2.75) is 18.9 Å². The minimum atomic E-state index is -0.0361. The number of thiazole rings is 1. The summed E-state index contributed by atoms with van der Waals surface area (Å²) in [7, 11) is 1.64. The molecule has 1 aliphatic rings. The van der Waals surface area contributed by atoms with E-state index in [-0.39, 0.29) is 11.9 Å². The molecule has 1 unspecified atom stereocenters. The first-order valence-corrected chi connectivity index (χ1v) is 8.20. The van der Waals surface area contributed by atoms with Gasteiger partial charge in [-0.25, -0.2) is 4.98 Å². The average Bonchev–Trinajstić information content (AvgIpc) is 3.06. The molecule has 0 bridgehead atoms. The van der Waals surface area contributed by atoms with Gasteiger partial charge in [0, 0.05) is 18.2 Å². The van der Waals surface area contributed by atoms with E-state index in [0.29, 0.717) is 4.88 Å². The molecule has 0 radical (unpaired) electrons. The van der Waals surface area contributed by atoms with Crippen LogP contribution in [0.15, 0.2) is 30.5 Å². The third-order valence-electron chi connectivity index (χ3n) is 3.70. The quantitative estimate of drug-likeness (QED) is 0.908. The first-order chi connectivity index (χ1) is 10.8. The lowest BCUT2D eigenvalue weighted by Gasteiger charge is -2.23. The van der Waals surface area contributed by atoms with E-state index in [1.54, 1.807) is 13.3 Å². The maximum atomic E-state index is 12.3. The van der Waals surface area contributed by atoms with Gasteiger partial charge in [0.15, 0.2) is 0 Å². The van der Waals surface area contributed by atoms with E-state index in [1.165, 1.54) is 11.3 Å². The molecule has 0 aliphatic carbocycles. The summed E-state index contributed by atoms with van der Waals surface area (Å²) in [4.78, 5) is 17.3. The Morgan fingerprint density at radius 2 is 2.23 bits per heavy atom. The Labute approximate surface area is 133 Å². The average molecular weight is 317 g/mol. The van der Waals surface area contributed by atoms with Gasteiger partial charge < -0.3 is 15.4 Å². The number of nitrogens with zero attached hydrogens (tertiary/aromatic N) is 1. The molecule has 1 fully saturated rings. The molecule has 2 heterocycles. The molecule has 22 heavy (non-hydrogen) atoms. The highest BCUT2D eigenvalue weighted by molar-refractivity contribution is 7.16. The zero-order chi connectivity index (χ0) is 15.4. The van der Waals surface area contributed by atoms with E-state index >= 15 is 0 Å². The predicted octanol–water partition coefficient (Wildman–Crippen LogP) is 2.30. The number of ether oxygens (including phenoxy) is 1. The fraction of sp³-hybridized carbons (Fsp3) is 0.375. The monoisotopic (exact) mass is 317 g/mol. The highest BCUT2D eigenvalue weighted by atomic mass is 32.1. The van der Waals surface area contributed by atoms with Crippen molar-refractivity contribution in [1.29, 1.82) is 0 Å². The number of methoxy groups -OCH3 is 1. The summed E-state index contributed by atoms with van der Waals surface area (Å²) in [6.07, 6.45) is 3.78. The molecular formula is C16H19N3O2S. The Kier molecular flexibility index (Phi) is 4.70. The molecule has 1 atom stereocenters. The largest absolute Gasteiger partial charge is 0.497 e. The Hall–Kier alpha value is -1.92. The standard InChI is InChI=1S/C16H19N3O2S/c1-21-13-6-4-11(5-7-13)16-18-10-14(22-16)15(20)19-12-3-2-8-17-9-12/h4-7,10,12,17H,2-3,8-9H2,1H3,(H,19,20). The maximum absolute atomic E-state index is 12.3. The molecule has 1 saturated heterocycles. The van der Waals surface area contributed by atoms with E-state index in [2.05, 4.69) is 15.6 Å². The molecule has 5 nitrogen and oxygen atoms in total. The number of rotatable bonds is 4. The van der Waals surface area contributed by atoms with E-state index in [9.17, 15) is 4.79 Å². The van der Waals surface area contributed by atoms with Gasteiger partial charge in [-0.15, -0.1) is 11.3 Å². The van der Waals surface area contributed by atoms with Crippen molar-refractivity contribution in [1.82, 2.24) is 15.6 Å². The van der Waals surface area contributed by atoms with Crippen LogP contribution in [0.2, 0.25) is 0 Å². The summed E-state index contributed by atoms with van der Waals surface area (Å²) >= 11 is 1.41. The van der Waals surface area contributed by atoms with Crippen molar-refractivity contribution in [3.8, 4) is 16.3 Å². The summed E-state index contributed by atoms with van der Waals surface area (Å²) in [6.45, 7) is 1.88. The smallest absolute Gasteiger partial charge is 0.263 e. The van der Waals surface area contributed by atoms with Crippen LogP contribution >= 0.6 is 11.3 Å². The van der Waals surface area contributed by atoms with Crippen LogP contribution in [0.3, 0.4) is 0 Å². The Balaban J connectivity index is 1.68. The Bertz CT molecular complexity index is 633. The number of aromatic nitrogens is 1. The number of piperidine rings is 1. The highest BCUT2D eigenvalue weighted by Crippen LogP contribution is 2.26. The molecule has 2 N–H and O–H groups in total. The molecule has 6 heteroatoms. The van der Waals surface area contributed by atoms with Crippen molar-refractivity contribution in [3.05, 3.63) is 35.3 Å². The molecule has 0 saturated carbocycles. The van der Waals surface area contributed by atoms with Gasteiger partial charge >= 0.3 is 0 Å². The van der Waals surface area contributed by atoms with Crippen LogP contribution in [0.5, 0.6) is 5.75 Å². The van der Waals surface area contributed by atoms with Gasteiger partial charge in [0.1, 0.15) is 15.6 Å². The maximum Gasteiger partial charge on any atom is 0.263 e. The second-order valence-corrected chi connectivity index (χ2v) is 6.31. The second kappa shape index (κ2) is 6.89. The van der Waals surface area contributed by atoms with Gasteiger partial charge in [-0.1, -0.05) is 0 Å². The minimum Gasteiger partial charge on any atom is -0.497 e. The Morgan fingerprint density at radius 3 is 2.91 bits per heavy atom. The molecule has 2 aromatic rings. The van der Waals surface area contributed by atoms with Crippen molar-refractivity contribution in [2.24, 2.45) is 0 Å². The number of nitrogens with one attached hydrogen (secondary N) is 2. The lowest BCUT2D eigenvalue weighted by Crippen LogP contribution is -2.45. The third-order valence-corrected chi connectivity index (χ3v) is 4.74.